The van der Waals surface area contributed by atoms with Crippen molar-refractivity contribution >= 4 is 40.4 Å². The number of thiophene rings is 1. The zero-order valence-corrected chi connectivity index (χ0v) is 18.6. The van der Waals surface area contributed by atoms with E-state index in [-0.39, 0.29) is 12.2 Å². The summed E-state index contributed by atoms with van der Waals surface area (Å²) < 4.78 is 33.0. The van der Waals surface area contributed by atoms with E-state index in [4.69, 9.17) is 18.8 Å². The number of amides is 1. The van der Waals surface area contributed by atoms with Gasteiger partial charge in [-0.2, -0.15) is 5.26 Å². The van der Waals surface area contributed by atoms with Gasteiger partial charge in [0.15, 0.2) is 5.06 Å². The Balaban J connectivity index is 0.000000941. The number of nitrogens with two attached hydrogens (primary N) is 1. The molecule has 2 heterocycles. The van der Waals surface area contributed by atoms with Crippen LogP contribution in [0.3, 0.4) is 0 Å². The Labute approximate surface area is 174 Å². The van der Waals surface area contributed by atoms with Crippen LogP contribution in [-0.2, 0) is 14.1 Å². The second-order valence-corrected chi connectivity index (χ2v) is 9.64. The molecule has 2 N–H and O–H groups in total. The highest BCUT2D eigenvalue weighted by atomic mass is 32.1. The van der Waals surface area contributed by atoms with Crippen molar-refractivity contribution in [2.24, 2.45) is 5.73 Å². The first-order valence-electron chi connectivity index (χ1n) is 9.13. The Kier molecular flexibility index (Phi) is 6.33. The Morgan fingerprint density at radius 1 is 1.24 bits per heavy atom. The molecule has 0 unspecified atom stereocenters. The van der Waals surface area contributed by atoms with E-state index in [0.29, 0.717) is 26.2 Å². The first kappa shape index (κ1) is 23.1. The number of hydrogen-bond donors (Lipinski definition) is 1. The van der Waals surface area contributed by atoms with Gasteiger partial charge in [0.05, 0.1) is 15.9 Å². The van der Waals surface area contributed by atoms with Crippen LogP contribution in [0.2, 0.25) is 0 Å². The van der Waals surface area contributed by atoms with Gasteiger partial charge in [0.2, 0.25) is 6.41 Å². The molecule has 156 valence electrons. The molecule has 1 fully saturated rings. The lowest BCUT2D eigenvalue weighted by atomic mass is 9.76. The molecule has 29 heavy (non-hydrogen) atoms. The van der Waals surface area contributed by atoms with Crippen molar-refractivity contribution < 1.29 is 23.2 Å². The lowest BCUT2D eigenvalue weighted by Crippen LogP contribution is -2.41. The molecule has 9 heteroatoms. The molecule has 2 aromatic rings. The highest BCUT2D eigenvalue weighted by molar-refractivity contribution is 7.21. The lowest BCUT2D eigenvalue weighted by molar-refractivity contribution is -0.106. The van der Waals surface area contributed by atoms with Crippen LogP contribution < -0.4 is 15.9 Å². The monoisotopic (exact) mass is 420 g/mol. The maximum Gasteiger partial charge on any atom is 0.495 e. The van der Waals surface area contributed by atoms with E-state index in [9.17, 15) is 9.65 Å². The molecule has 3 rings (SSSR count). The van der Waals surface area contributed by atoms with E-state index in [2.05, 4.69) is 11.8 Å². The lowest BCUT2D eigenvalue weighted by Gasteiger charge is -2.32. The molecule has 6 nitrogen and oxygen atoms in total. The minimum atomic E-state index is -0.674. The number of primary amides is 1. The summed E-state index contributed by atoms with van der Waals surface area (Å²) in [7, 11) is -0.674. The molecule has 0 atom stereocenters. The highest BCUT2D eigenvalue weighted by Crippen LogP contribution is 2.42. The molecule has 0 radical (unpaired) electrons. The molecule has 1 aliphatic heterocycles. The predicted molar refractivity (Wildman–Crippen MR) is 113 cm³/mol. The molecule has 1 saturated heterocycles. The number of ether oxygens (including phenoxy) is 1. The Hall–Kier alpha value is -2.15. The number of halogens is 1. The third-order valence-electron chi connectivity index (χ3n) is 4.81. The SMILES string of the molecule is CC(C)(C)Oc1sc2c(F)ccc(B3OC(C)(C)C(C)(C)O3)c2c1C#N.NC=O. The molecule has 0 spiro atoms. The van der Waals surface area contributed by atoms with Crippen molar-refractivity contribution in [1.29, 1.82) is 5.26 Å². The average Bonchev–Trinajstić information content (AvgIpc) is 3.01. The number of nitrogens with zero attached hydrogens (tertiary/aromatic N) is 1. The van der Waals surface area contributed by atoms with Gasteiger partial charge in [0.25, 0.3) is 0 Å². The smallest absolute Gasteiger partial charge is 0.477 e. The van der Waals surface area contributed by atoms with Gasteiger partial charge in [0.1, 0.15) is 23.1 Å². The number of rotatable bonds is 2. The predicted octanol–water partition coefficient (Wildman–Crippen LogP) is 3.49. The number of fused-ring (bicyclic) bond motifs is 1. The number of benzene rings is 1. The Morgan fingerprint density at radius 2 is 1.76 bits per heavy atom. The van der Waals surface area contributed by atoms with Crippen LogP contribution in [0.4, 0.5) is 4.39 Å². The maximum absolute atomic E-state index is 14.5. The summed E-state index contributed by atoms with van der Waals surface area (Å²) >= 11 is 1.14. The largest absolute Gasteiger partial charge is 0.495 e. The van der Waals surface area contributed by atoms with Crippen molar-refractivity contribution in [3.8, 4) is 11.1 Å². The third-order valence-corrected chi connectivity index (χ3v) is 5.88. The first-order chi connectivity index (χ1) is 13.3. The standard InChI is InChI=1S/C19H23BFNO3S.CH3NO/c1-17(2,3)23-16-11(10-22)14-12(8-9-13(21)15(14)26-16)20-24-18(4,5)19(6,7)25-20;2-1-3/h8-9H,1-7H3;1H,(H2,2,3). The maximum atomic E-state index is 14.5. The molecule has 0 saturated carbocycles. The molecular weight excluding hydrogens is 394 g/mol. The van der Waals surface area contributed by atoms with Gasteiger partial charge in [-0.15, -0.1) is 0 Å². The summed E-state index contributed by atoms with van der Waals surface area (Å²) in [5, 5.41) is 10.7. The van der Waals surface area contributed by atoms with Gasteiger partial charge in [-0.1, -0.05) is 17.4 Å². The molecular formula is C20H26BFN2O4S. The Bertz CT molecular complexity index is 944. The number of carbonyl (C=O) groups excluding carboxylic acids is 1. The van der Waals surface area contributed by atoms with Crippen molar-refractivity contribution in [2.45, 2.75) is 65.3 Å². The van der Waals surface area contributed by atoms with Crippen molar-refractivity contribution in [3.63, 3.8) is 0 Å². The zero-order chi connectivity index (χ0) is 22.2. The molecule has 1 amide bonds. The molecule has 0 bridgehead atoms. The summed E-state index contributed by atoms with van der Waals surface area (Å²) in [4.78, 5) is 8.58. The van der Waals surface area contributed by atoms with Gasteiger partial charge >= 0.3 is 7.12 Å². The number of carbonyl (C=O) groups is 1. The number of nitriles is 1. The zero-order valence-electron chi connectivity index (χ0n) is 17.8. The fourth-order valence-corrected chi connectivity index (χ4v) is 4.01. The van der Waals surface area contributed by atoms with Crippen molar-refractivity contribution in [3.05, 3.63) is 23.5 Å². The fourth-order valence-electron chi connectivity index (χ4n) is 2.79. The van der Waals surface area contributed by atoms with Gasteiger partial charge in [-0.05, 0) is 60.0 Å². The van der Waals surface area contributed by atoms with Gasteiger partial charge in [0, 0.05) is 5.39 Å². The summed E-state index contributed by atoms with van der Waals surface area (Å²) in [5.74, 6) is -0.384. The highest BCUT2D eigenvalue weighted by Gasteiger charge is 2.52. The normalized spacial score (nSPS) is 17.4. The first-order valence-corrected chi connectivity index (χ1v) is 9.94. The summed E-state index contributed by atoms with van der Waals surface area (Å²) in [6.45, 7) is 13.5. The quantitative estimate of drug-likeness (QED) is 0.593. The Morgan fingerprint density at radius 3 is 2.21 bits per heavy atom. The number of hydrogen-bond acceptors (Lipinski definition) is 6. The van der Waals surface area contributed by atoms with Crippen LogP contribution in [0, 0.1) is 17.1 Å². The van der Waals surface area contributed by atoms with Crippen molar-refractivity contribution in [1.82, 2.24) is 0 Å². The second kappa shape index (κ2) is 7.94. The van der Waals surface area contributed by atoms with E-state index in [1.54, 1.807) is 6.07 Å². The van der Waals surface area contributed by atoms with Gasteiger partial charge < -0.3 is 19.8 Å². The van der Waals surface area contributed by atoms with Crippen LogP contribution in [0.25, 0.3) is 10.1 Å². The fraction of sp³-hybridized carbons (Fsp3) is 0.500. The molecule has 1 aromatic carbocycles. The van der Waals surface area contributed by atoms with Crippen LogP contribution in [0.15, 0.2) is 12.1 Å². The van der Waals surface area contributed by atoms with Gasteiger partial charge in [-0.3, -0.25) is 4.79 Å². The minimum absolute atomic E-state index is 0.250. The van der Waals surface area contributed by atoms with Gasteiger partial charge in [-0.25, -0.2) is 4.39 Å². The van der Waals surface area contributed by atoms with Crippen molar-refractivity contribution in [2.75, 3.05) is 0 Å². The van der Waals surface area contributed by atoms with E-state index in [1.165, 1.54) is 6.07 Å². The minimum Gasteiger partial charge on any atom is -0.477 e. The van der Waals surface area contributed by atoms with E-state index in [1.807, 2.05) is 48.5 Å². The van der Waals surface area contributed by atoms with E-state index < -0.39 is 23.9 Å². The van der Waals surface area contributed by atoms with Crippen LogP contribution in [0.1, 0.15) is 54.0 Å². The summed E-state index contributed by atoms with van der Waals surface area (Å²) in [6.07, 6.45) is 0.250. The van der Waals surface area contributed by atoms with E-state index in [0.717, 1.165) is 11.3 Å². The van der Waals surface area contributed by atoms with Crippen LogP contribution in [0.5, 0.6) is 5.06 Å². The van der Waals surface area contributed by atoms with Crippen LogP contribution >= 0.6 is 11.3 Å². The molecule has 1 aliphatic rings. The summed E-state index contributed by atoms with van der Waals surface area (Å²) in [6, 6.07) is 5.20. The molecule has 0 aliphatic carbocycles. The van der Waals surface area contributed by atoms with Crippen LogP contribution in [-0.4, -0.2) is 30.3 Å². The average molecular weight is 420 g/mol. The summed E-state index contributed by atoms with van der Waals surface area (Å²) in [5.41, 5.74) is 3.60. The third kappa shape index (κ3) is 4.55. The second-order valence-electron chi connectivity index (χ2n) is 8.66. The van der Waals surface area contributed by atoms with E-state index >= 15 is 0 Å². The molecule has 1 aromatic heterocycles. The topological polar surface area (TPSA) is 94.6 Å².